The minimum Gasteiger partial charge on any atom is -0.462 e. The van der Waals surface area contributed by atoms with Crippen LogP contribution >= 0.6 is 0 Å². The number of unbranched alkanes of at least 4 members (excludes halogenated alkanes) is 27. The Morgan fingerprint density at radius 1 is 0.351 bits per heavy atom. The van der Waals surface area contributed by atoms with Crippen LogP contribution in [0.15, 0.2) is 36.5 Å². The maximum Gasteiger partial charge on any atom is 0.306 e. The van der Waals surface area contributed by atoms with Crippen molar-refractivity contribution in [3.63, 3.8) is 0 Å². The van der Waals surface area contributed by atoms with Gasteiger partial charge in [-0.05, 0) is 57.8 Å². The van der Waals surface area contributed by atoms with Gasteiger partial charge < -0.3 is 14.2 Å². The number of hydrogen-bond donors (Lipinski definition) is 0. The highest BCUT2D eigenvalue weighted by Crippen LogP contribution is 2.15. The lowest BCUT2D eigenvalue weighted by molar-refractivity contribution is -0.167. The number of esters is 3. The molecular formula is C51H92O6. The van der Waals surface area contributed by atoms with Crippen molar-refractivity contribution in [3.05, 3.63) is 36.5 Å². The highest BCUT2D eigenvalue weighted by molar-refractivity contribution is 5.71. The lowest BCUT2D eigenvalue weighted by atomic mass is 10.0. The van der Waals surface area contributed by atoms with E-state index in [0.717, 1.165) is 83.5 Å². The zero-order valence-electron chi connectivity index (χ0n) is 37.9. The van der Waals surface area contributed by atoms with E-state index >= 15 is 0 Å². The summed E-state index contributed by atoms with van der Waals surface area (Å²) in [6.45, 7) is 6.54. The van der Waals surface area contributed by atoms with E-state index < -0.39 is 6.10 Å². The molecule has 6 nitrogen and oxygen atoms in total. The Morgan fingerprint density at radius 2 is 0.632 bits per heavy atom. The molecule has 0 amide bonds. The van der Waals surface area contributed by atoms with Crippen LogP contribution in [0.1, 0.15) is 252 Å². The predicted octanol–water partition coefficient (Wildman–Crippen LogP) is 15.8. The molecule has 0 aromatic rings. The second-order valence-corrected chi connectivity index (χ2v) is 16.4. The average molecular weight is 801 g/mol. The fourth-order valence-electron chi connectivity index (χ4n) is 6.92. The van der Waals surface area contributed by atoms with Gasteiger partial charge in [-0.1, -0.05) is 211 Å². The second kappa shape index (κ2) is 46.3. The number of carbonyl (C=O) groups is 3. The van der Waals surface area contributed by atoms with Crippen molar-refractivity contribution in [3.8, 4) is 0 Å². The Kier molecular flexibility index (Phi) is 44.4. The van der Waals surface area contributed by atoms with Crippen LogP contribution in [0.3, 0.4) is 0 Å². The van der Waals surface area contributed by atoms with Gasteiger partial charge >= 0.3 is 17.9 Å². The first-order valence-corrected chi connectivity index (χ1v) is 24.5. The van der Waals surface area contributed by atoms with Crippen molar-refractivity contribution in [2.24, 2.45) is 0 Å². The van der Waals surface area contributed by atoms with E-state index in [2.05, 4.69) is 57.2 Å². The van der Waals surface area contributed by atoms with E-state index in [1.54, 1.807) is 0 Å². The number of rotatable bonds is 44. The summed E-state index contributed by atoms with van der Waals surface area (Å²) in [5.74, 6) is -0.895. The molecule has 0 fully saturated rings. The fourth-order valence-corrected chi connectivity index (χ4v) is 6.92. The summed E-state index contributed by atoms with van der Waals surface area (Å²) in [6, 6.07) is 0. The molecule has 0 heterocycles. The molecule has 0 aromatic carbocycles. The van der Waals surface area contributed by atoms with E-state index in [1.165, 1.54) is 128 Å². The van der Waals surface area contributed by atoms with Gasteiger partial charge in [-0.3, -0.25) is 14.4 Å². The van der Waals surface area contributed by atoms with E-state index in [1.807, 2.05) is 0 Å². The molecule has 0 saturated heterocycles. The fraction of sp³-hybridized carbons (Fsp3) is 0.824. The minimum atomic E-state index is -0.769. The Bertz CT molecular complexity index is 969. The Hall–Kier alpha value is -2.37. The van der Waals surface area contributed by atoms with Gasteiger partial charge in [0.2, 0.25) is 0 Å². The molecule has 0 spiro atoms. The highest BCUT2D eigenvalue weighted by atomic mass is 16.6. The average Bonchev–Trinajstić information content (AvgIpc) is 3.21. The first kappa shape index (κ1) is 54.6. The highest BCUT2D eigenvalue weighted by Gasteiger charge is 2.19. The SMILES string of the molecule is CCCCCCC/C=C\C/C=C\C/C=C\CCCCCCCCC(=O)OCC(COC(=O)CCCCCCC)OC(=O)CCCCCCCCCCCCCCC. The number of allylic oxidation sites excluding steroid dienone is 6. The molecule has 6 heteroatoms. The maximum absolute atomic E-state index is 12.7. The first-order chi connectivity index (χ1) is 28.0. The van der Waals surface area contributed by atoms with Gasteiger partial charge in [-0.25, -0.2) is 0 Å². The summed E-state index contributed by atoms with van der Waals surface area (Å²) in [5, 5.41) is 0. The van der Waals surface area contributed by atoms with E-state index in [-0.39, 0.29) is 31.1 Å². The van der Waals surface area contributed by atoms with Crippen molar-refractivity contribution in [2.45, 2.75) is 258 Å². The van der Waals surface area contributed by atoms with Crippen LogP contribution in [-0.2, 0) is 28.6 Å². The molecule has 0 rings (SSSR count). The van der Waals surface area contributed by atoms with Crippen molar-refractivity contribution in [1.29, 1.82) is 0 Å². The van der Waals surface area contributed by atoms with Gasteiger partial charge in [0, 0.05) is 19.3 Å². The second-order valence-electron chi connectivity index (χ2n) is 16.4. The molecule has 0 N–H and O–H groups in total. The smallest absolute Gasteiger partial charge is 0.306 e. The van der Waals surface area contributed by atoms with Crippen LogP contribution in [-0.4, -0.2) is 37.2 Å². The molecule has 0 aliphatic heterocycles. The molecule has 332 valence electrons. The molecule has 0 aromatic heterocycles. The van der Waals surface area contributed by atoms with Crippen molar-refractivity contribution in [2.75, 3.05) is 13.2 Å². The van der Waals surface area contributed by atoms with E-state index in [4.69, 9.17) is 14.2 Å². The Balaban J connectivity index is 4.17. The quantitative estimate of drug-likeness (QED) is 0.0264. The number of carbonyl (C=O) groups excluding carboxylic acids is 3. The molecule has 57 heavy (non-hydrogen) atoms. The van der Waals surface area contributed by atoms with Crippen LogP contribution in [0.25, 0.3) is 0 Å². The lowest BCUT2D eigenvalue weighted by Crippen LogP contribution is -2.30. The van der Waals surface area contributed by atoms with Gasteiger partial charge in [0.25, 0.3) is 0 Å². The largest absolute Gasteiger partial charge is 0.462 e. The zero-order chi connectivity index (χ0) is 41.5. The lowest BCUT2D eigenvalue weighted by Gasteiger charge is -2.18. The van der Waals surface area contributed by atoms with Gasteiger partial charge in [-0.2, -0.15) is 0 Å². The molecule has 1 atom stereocenters. The molecule has 0 bridgehead atoms. The summed E-state index contributed by atoms with van der Waals surface area (Å²) >= 11 is 0. The molecular weight excluding hydrogens is 709 g/mol. The zero-order valence-corrected chi connectivity index (χ0v) is 37.9. The predicted molar refractivity (Wildman–Crippen MR) is 242 cm³/mol. The van der Waals surface area contributed by atoms with Crippen LogP contribution in [0.5, 0.6) is 0 Å². The van der Waals surface area contributed by atoms with Crippen LogP contribution < -0.4 is 0 Å². The van der Waals surface area contributed by atoms with Gasteiger partial charge in [0.05, 0.1) is 0 Å². The van der Waals surface area contributed by atoms with Crippen LogP contribution in [0.2, 0.25) is 0 Å². The van der Waals surface area contributed by atoms with Gasteiger partial charge in [0.15, 0.2) is 6.10 Å². The molecule has 0 saturated carbocycles. The third kappa shape index (κ3) is 44.6. The topological polar surface area (TPSA) is 78.9 Å². The third-order valence-corrected chi connectivity index (χ3v) is 10.6. The minimum absolute atomic E-state index is 0.0751. The summed E-state index contributed by atoms with van der Waals surface area (Å²) in [6.07, 6.45) is 53.0. The normalized spacial score (nSPS) is 12.3. The monoisotopic (exact) mass is 801 g/mol. The molecule has 0 radical (unpaired) electrons. The third-order valence-electron chi connectivity index (χ3n) is 10.6. The van der Waals surface area contributed by atoms with Crippen molar-refractivity contribution >= 4 is 17.9 Å². The summed E-state index contributed by atoms with van der Waals surface area (Å²) in [4.78, 5) is 37.5. The molecule has 0 aliphatic rings. The van der Waals surface area contributed by atoms with Gasteiger partial charge in [0.1, 0.15) is 13.2 Å². The first-order valence-electron chi connectivity index (χ1n) is 24.5. The number of ether oxygens (including phenoxy) is 3. The summed E-state index contributed by atoms with van der Waals surface area (Å²) in [5.41, 5.74) is 0. The van der Waals surface area contributed by atoms with E-state index in [0.29, 0.717) is 19.3 Å². The Morgan fingerprint density at radius 3 is 0.982 bits per heavy atom. The maximum atomic E-state index is 12.7. The van der Waals surface area contributed by atoms with Crippen molar-refractivity contribution in [1.82, 2.24) is 0 Å². The van der Waals surface area contributed by atoms with Gasteiger partial charge in [-0.15, -0.1) is 0 Å². The Labute approximate surface area is 353 Å². The van der Waals surface area contributed by atoms with E-state index in [9.17, 15) is 14.4 Å². The van der Waals surface area contributed by atoms with Crippen LogP contribution in [0.4, 0.5) is 0 Å². The summed E-state index contributed by atoms with van der Waals surface area (Å²) in [7, 11) is 0. The van der Waals surface area contributed by atoms with Crippen molar-refractivity contribution < 1.29 is 28.6 Å². The summed E-state index contributed by atoms with van der Waals surface area (Å²) < 4.78 is 16.6. The molecule has 0 aliphatic carbocycles. The standard InChI is InChI=1S/C51H92O6/c1-4-7-10-13-15-17-19-21-22-23-24-25-26-27-28-30-31-33-35-38-41-44-50(53)56-47-48(46-55-49(52)43-40-37-12-9-6-3)57-51(54)45-42-39-36-34-32-29-20-18-16-14-11-8-5-2/h19,21,23-24,26-27,48H,4-18,20,22,25,28-47H2,1-3H3/b21-19-,24-23-,27-26-. The molecule has 1 unspecified atom stereocenters. The number of hydrogen-bond acceptors (Lipinski definition) is 6. The van der Waals surface area contributed by atoms with Crippen LogP contribution in [0, 0.1) is 0 Å².